The zero-order chi connectivity index (χ0) is 10.7. The van der Waals surface area contributed by atoms with Gasteiger partial charge in [-0.1, -0.05) is 22.0 Å². The molecule has 0 N–H and O–H groups in total. The SMILES string of the molecule is O=C(c1cccc(Br)c1)N1CCOCC1. The Hall–Kier alpha value is -0.870. The second-order valence-corrected chi connectivity index (χ2v) is 4.33. The fraction of sp³-hybridized carbons (Fsp3) is 0.364. The molecule has 0 spiro atoms. The van der Waals surface area contributed by atoms with Crippen molar-refractivity contribution in [2.75, 3.05) is 26.3 Å². The van der Waals surface area contributed by atoms with Crippen molar-refractivity contribution in [3.05, 3.63) is 34.3 Å². The lowest BCUT2D eigenvalue weighted by Gasteiger charge is -2.26. The Balaban J connectivity index is 2.12. The summed E-state index contributed by atoms with van der Waals surface area (Å²) in [4.78, 5) is 13.8. The van der Waals surface area contributed by atoms with Crippen LogP contribution in [0.4, 0.5) is 0 Å². The van der Waals surface area contributed by atoms with Crippen LogP contribution in [0.15, 0.2) is 28.7 Å². The third kappa shape index (κ3) is 2.58. The van der Waals surface area contributed by atoms with Crippen molar-refractivity contribution in [1.82, 2.24) is 4.90 Å². The number of hydrogen-bond acceptors (Lipinski definition) is 2. The number of rotatable bonds is 1. The van der Waals surface area contributed by atoms with E-state index in [1.165, 1.54) is 0 Å². The Morgan fingerprint density at radius 1 is 1.33 bits per heavy atom. The molecule has 1 amide bonds. The minimum absolute atomic E-state index is 0.0830. The number of benzene rings is 1. The normalized spacial score (nSPS) is 16.5. The number of morpholine rings is 1. The summed E-state index contributed by atoms with van der Waals surface area (Å²) in [6.45, 7) is 2.65. The number of hydrogen-bond donors (Lipinski definition) is 0. The molecular formula is C11H12BrNO2. The highest BCUT2D eigenvalue weighted by atomic mass is 79.9. The van der Waals surface area contributed by atoms with E-state index in [-0.39, 0.29) is 5.91 Å². The van der Waals surface area contributed by atoms with E-state index >= 15 is 0 Å². The van der Waals surface area contributed by atoms with E-state index in [4.69, 9.17) is 4.74 Å². The monoisotopic (exact) mass is 269 g/mol. The molecule has 1 heterocycles. The van der Waals surface area contributed by atoms with Gasteiger partial charge in [-0.3, -0.25) is 4.79 Å². The number of amides is 1. The summed E-state index contributed by atoms with van der Waals surface area (Å²) in [6.07, 6.45) is 0. The van der Waals surface area contributed by atoms with Gasteiger partial charge >= 0.3 is 0 Å². The molecule has 0 atom stereocenters. The largest absolute Gasteiger partial charge is 0.378 e. The number of carbonyl (C=O) groups is 1. The van der Waals surface area contributed by atoms with Crippen LogP contribution in [0, 0.1) is 0 Å². The highest BCUT2D eigenvalue weighted by molar-refractivity contribution is 9.10. The molecule has 1 aliphatic rings. The molecule has 0 saturated carbocycles. The lowest BCUT2D eigenvalue weighted by molar-refractivity contribution is 0.0303. The van der Waals surface area contributed by atoms with Gasteiger partial charge in [-0.2, -0.15) is 0 Å². The van der Waals surface area contributed by atoms with Gasteiger partial charge in [-0.05, 0) is 18.2 Å². The lowest BCUT2D eigenvalue weighted by atomic mass is 10.2. The number of carbonyl (C=O) groups excluding carboxylic acids is 1. The molecule has 15 heavy (non-hydrogen) atoms. The van der Waals surface area contributed by atoms with Gasteiger partial charge in [-0.15, -0.1) is 0 Å². The van der Waals surface area contributed by atoms with E-state index in [1.54, 1.807) is 0 Å². The standard InChI is InChI=1S/C11H12BrNO2/c12-10-3-1-2-9(8-10)11(14)13-4-6-15-7-5-13/h1-3,8H,4-7H2. The second-order valence-electron chi connectivity index (χ2n) is 3.41. The van der Waals surface area contributed by atoms with E-state index < -0.39 is 0 Å². The molecule has 0 aromatic heterocycles. The van der Waals surface area contributed by atoms with Crippen molar-refractivity contribution in [3.63, 3.8) is 0 Å². The smallest absolute Gasteiger partial charge is 0.254 e. The summed E-state index contributed by atoms with van der Waals surface area (Å²) >= 11 is 3.36. The van der Waals surface area contributed by atoms with Gasteiger partial charge in [0.1, 0.15) is 0 Å². The molecule has 2 rings (SSSR count). The van der Waals surface area contributed by atoms with Crippen LogP contribution < -0.4 is 0 Å². The maximum Gasteiger partial charge on any atom is 0.254 e. The maximum atomic E-state index is 12.0. The first-order valence-electron chi connectivity index (χ1n) is 4.90. The number of ether oxygens (including phenoxy) is 1. The molecule has 80 valence electrons. The molecule has 1 saturated heterocycles. The molecule has 3 nitrogen and oxygen atoms in total. The fourth-order valence-corrected chi connectivity index (χ4v) is 1.97. The Morgan fingerprint density at radius 2 is 2.07 bits per heavy atom. The zero-order valence-electron chi connectivity index (χ0n) is 8.28. The molecular weight excluding hydrogens is 258 g/mol. The van der Waals surface area contributed by atoms with E-state index in [9.17, 15) is 4.79 Å². The molecule has 0 aliphatic carbocycles. The summed E-state index contributed by atoms with van der Waals surface area (Å²) in [7, 11) is 0. The molecule has 0 unspecified atom stereocenters. The van der Waals surface area contributed by atoms with Gasteiger partial charge in [0.15, 0.2) is 0 Å². The first-order chi connectivity index (χ1) is 7.27. The zero-order valence-corrected chi connectivity index (χ0v) is 9.87. The average Bonchev–Trinajstić information content (AvgIpc) is 2.29. The average molecular weight is 270 g/mol. The van der Waals surface area contributed by atoms with Crippen molar-refractivity contribution in [3.8, 4) is 0 Å². The van der Waals surface area contributed by atoms with Crippen LogP contribution in [-0.2, 0) is 4.74 Å². The first-order valence-corrected chi connectivity index (χ1v) is 5.69. The van der Waals surface area contributed by atoms with Gasteiger partial charge in [0.05, 0.1) is 13.2 Å². The lowest BCUT2D eigenvalue weighted by Crippen LogP contribution is -2.40. The topological polar surface area (TPSA) is 29.5 Å². The van der Waals surface area contributed by atoms with Gasteiger partial charge in [-0.25, -0.2) is 0 Å². The minimum atomic E-state index is 0.0830. The highest BCUT2D eigenvalue weighted by Gasteiger charge is 2.18. The molecule has 1 aliphatic heterocycles. The summed E-state index contributed by atoms with van der Waals surface area (Å²) in [5, 5.41) is 0. The van der Waals surface area contributed by atoms with Crippen LogP contribution in [0.1, 0.15) is 10.4 Å². The Kier molecular flexibility index (Phi) is 3.38. The van der Waals surface area contributed by atoms with Gasteiger partial charge in [0, 0.05) is 23.1 Å². The van der Waals surface area contributed by atoms with Crippen LogP contribution >= 0.6 is 15.9 Å². The molecule has 1 fully saturated rings. The number of halogens is 1. The summed E-state index contributed by atoms with van der Waals surface area (Å²) in [5.41, 5.74) is 0.728. The summed E-state index contributed by atoms with van der Waals surface area (Å²) in [6, 6.07) is 7.47. The first kappa shape index (κ1) is 10.6. The van der Waals surface area contributed by atoms with E-state index in [1.807, 2.05) is 29.2 Å². The van der Waals surface area contributed by atoms with Gasteiger partial charge < -0.3 is 9.64 Å². The van der Waals surface area contributed by atoms with Crippen molar-refractivity contribution in [2.45, 2.75) is 0 Å². The van der Waals surface area contributed by atoms with E-state index in [0.717, 1.165) is 10.0 Å². The van der Waals surface area contributed by atoms with E-state index in [0.29, 0.717) is 26.3 Å². The van der Waals surface area contributed by atoms with Crippen molar-refractivity contribution >= 4 is 21.8 Å². The maximum absolute atomic E-state index is 12.0. The van der Waals surface area contributed by atoms with Crippen molar-refractivity contribution in [2.24, 2.45) is 0 Å². The van der Waals surface area contributed by atoms with Crippen molar-refractivity contribution in [1.29, 1.82) is 0 Å². The Bertz CT molecular complexity index is 361. The fourth-order valence-electron chi connectivity index (χ4n) is 1.57. The predicted molar refractivity (Wildman–Crippen MR) is 60.9 cm³/mol. The van der Waals surface area contributed by atoms with Crippen LogP contribution in [0.3, 0.4) is 0 Å². The second kappa shape index (κ2) is 4.77. The third-order valence-corrected chi connectivity index (χ3v) is 2.86. The highest BCUT2D eigenvalue weighted by Crippen LogP contribution is 2.14. The summed E-state index contributed by atoms with van der Waals surface area (Å²) in [5.74, 6) is 0.0830. The summed E-state index contributed by atoms with van der Waals surface area (Å²) < 4.78 is 6.14. The van der Waals surface area contributed by atoms with Gasteiger partial charge in [0.25, 0.3) is 5.91 Å². The molecule has 0 radical (unpaired) electrons. The third-order valence-electron chi connectivity index (χ3n) is 2.37. The van der Waals surface area contributed by atoms with E-state index in [2.05, 4.69) is 15.9 Å². The van der Waals surface area contributed by atoms with Crippen LogP contribution in [0.5, 0.6) is 0 Å². The Labute approximate surface area is 97.2 Å². The molecule has 1 aromatic carbocycles. The molecule has 1 aromatic rings. The minimum Gasteiger partial charge on any atom is -0.378 e. The van der Waals surface area contributed by atoms with Crippen LogP contribution in [-0.4, -0.2) is 37.1 Å². The quantitative estimate of drug-likeness (QED) is 0.780. The molecule has 0 bridgehead atoms. The predicted octanol–water partition coefficient (Wildman–Crippen LogP) is 1.92. The number of nitrogens with zero attached hydrogens (tertiary/aromatic N) is 1. The van der Waals surface area contributed by atoms with Crippen LogP contribution in [0.2, 0.25) is 0 Å². The van der Waals surface area contributed by atoms with Gasteiger partial charge in [0.2, 0.25) is 0 Å². The van der Waals surface area contributed by atoms with Crippen molar-refractivity contribution < 1.29 is 9.53 Å². The van der Waals surface area contributed by atoms with Crippen LogP contribution in [0.25, 0.3) is 0 Å². The molecule has 4 heteroatoms. The Morgan fingerprint density at radius 3 is 2.73 bits per heavy atom.